The van der Waals surface area contributed by atoms with E-state index in [1.807, 2.05) is 0 Å². The van der Waals surface area contributed by atoms with Crippen molar-refractivity contribution in [3.8, 4) is 11.8 Å². The molecule has 1 saturated carbocycles. The summed E-state index contributed by atoms with van der Waals surface area (Å²) in [6, 6.07) is 7.25. The summed E-state index contributed by atoms with van der Waals surface area (Å²) in [5, 5.41) is 12.2. The Kier molecular flexibility index (Phi) is 8.21. The molecule has 0 aliphatic heterocycles. The fraction of sp³-hybridized carbons (Fsp3) is 0.524. The van der Waals surface area contributed by atoms with Gasteiger partial charge in [-0.15, -0.1) is 0 Å². The van der Waals surface area contributed by atoms with Crippen LogP contribution in [0.15, 0.2) is 22.7 Å². The molecule has 0 aromatic heterocycles. The molecule has 1 fully saturated rings. The lowest BCUT2D eigenvalue weighted by atomic mass is 9.83. The van der Waals surface area contributed by atoms with Gasteiger partial charge in [0.2, 0.25) is 0 Å². The molecule has 1 aliphatic rings. The normalized spacial score (nSPS) is 16.2. The van der Waals surface area contributed by atoms with E-state index in [2.05, 4.69) is 27.3 Å². The highest BCUT2D eigenvalue weighted by molar-refractivity contribution is 9.10. The molecular weight excluding hydrogens is 440 g/mol. The molecule has 2 rings (SSSR count). The molecule has 0 saturated heterocycles. The number of carbonyl (C=O) groups excluding carboxylic acids is 3. The van der Waals surface area contributed by atoms with E-state index in [9.17, 15) is 19.6 Å². The second kappa shape index (κ2) is 10.4. The van der Waals surface area contributed by atoms with Crippen molar-refractivity contribution in [2.75, 3.05) is 7.11 Å². The zero-order chi connectivity index (χ0) is 21.4. The van der Waals surface area contributed by atoms with E-state index in [4.69, 9.17) is 9.47 Å². The lowest BCUT2D eigenvalue weighted by molar-refractivity contribution is -0.155. The average Bonchev–Trinajstić information content (AvgIpc) is 2.72. The van der Waals surface area contributed by atoms with Crippen LogP contribution in [0.3, 0.4) is 0 Å². The Bertz CT molecular complexity index is 812. The number of hydrogen-bond donors (Lipinski definition) is 1. The van der Waals surface area contributed by atoms with Gasteiger partial charge >= 0.3 is 5.97 Å². The molecule has 7 nitrogen and oxygen atoms in total. The Labute approximate surface area is 178 Å². The Morgan fingerprint density at radius 3 is 2.55 bits per heavy atom. The highest BCUT2D eigenvalue weighted by Gasteiger charge is 2.35. The molecule has 1 amide bonds. The van der Waals surface area contributed by atoms with Crippen molar-refractivity contribution in [1.29, 1.82) is 5.26 Å². The smallest absolute Gasteiger partial charge is 0.307 e. The number of carbonyl (C=O) groups is 3. The zero-order valence-electron chi connectivity index (χ0n) is 16.6. The van der Waals surface area contributed by atoms with E-state index in [-0.39, 0.29) is 18.6 Å². The fourth-order valence-corrected chi connectivity index (χ4v) is 3.68. The SMILES string of the molecule is COc1ccc(Br)cc1C(=O)CCC(=O)O[C@@H](C)C(=O)NC1(C#N)CCCCC1. The summed E-state index contributed by atoms with van der Waals surface area (Å²) in [5.74, 6) is -0.983. The topological polar surface area (TPSA) is 105 Å². The van der Waals surface area contributed by atoms with Gasteiger partial charge in [0, 0.05) is 10.9 Å². The fourth-order valence-electron chi connectivity index (χ4n) is 3.32. The molecule has 29 heavy (non-hydrogen) atoms. The zero-order valence-corrected chi connectivity index (χ0v) is 18.2. The first-order valence-electron chi connectivity index (χ1n) is 9.60. The summed E-state index contributed by atoms with van der Waals surface area (Å²) >= 11 is 3.31. The number of Topliss-reactive ketones (excluding diaryl/α,β-unsaturated/α-hetero) is 1. The van der Waals surface area contributed by atoms with Gasteiger partial charge in [-0.05, 0) is 38.0 Å². The van der Waals surface area contributed by atoms with E-state index >= 15 is 0 Å². The van der Waals surface area contributed by atoms with Crippen LogP contribution in [0.1, 0.15) is 62.2 Å². The maximum atomic E-state index is 12.4. The van der Waals surface area contributed by atoms with Crippen LogP contribution in [0.25, 0.3) is 0 Å². The Morgan fingerprint density at radius 1 is 1.24 bits per heavy atom. The first-order chi connectivity index (χ1) is 13.8. The number of nitrogens with zero attached hydrogens (tertiary/aromatic N) is 1. The van der Waals surface area contributed by atoms with Gasteiger partial charge in [0.15, 0.2) is 11.9 Å². The van der Waals surface area contributed by atoms with Crippen molar-refractivity contribution in [1.82, 2.24) is 5.32 Å². The highest BCUT2D eigenvalue weighted by atomic mass is 79.9. The van der Waals surface area contributed by atoms with Crippen LogP contribution in [-0.2, 0) is 14.3 Å². The minimum atomic E-state index is -1.04. The number of methoxy groups -OCH3 is 1. The number of rotatable bonds is 8. The predicted molar refractivity (Wildman–Crippen MR) is 109 cm³/mol. The molecule has 0 spiro atoms. The van der Waals surface area contributed by atoms with Crippen molar-refractivity contribution < 1.29 is 23.9 Å². The number of halogens is 1. The molecule has 0 bridgehead atoms. The lowest BCUT2D eigenvalue weighted by Crippen LogP contribution is -2.52. The largest absolute Gasteiger partial charge is 0.496 e. The maximum absolute atomic E-state index is 12.4. The summed E-state index contributed by atoms with van der Waals surface area (Å²) in [7, 11) is 1.47. The first kappa shape index (κ1) is 22.9. The van der Waals surface area contributed by atoms with Gasteiger partial charge in [0.1, 0.15) is 11.3 Å². The molecule has 8 heteroatoms. The molecule has 0 radical (unpaired) electrons. The van der Waals surface area contributed by atoms with Crippen molar-refractivity contribution in [3.63, 3.8) is 0 Å². The molecule has 0 heterocycles. The van der Waals surface area contributed by atoms with Crippen molar-refractivity contribution in [2.45, 2.75) is 63.5 Å². The van der Waals surface area contributed by atoms with E-state index in [0.717, 1.165) is 23.7 Å². The molecule has 1 aromatic rings. The number of ketones is 1. The van der Waals surface area contributed by atoms with Crippen LogP contribution in [0, 0.1) is 11.3 Å². The second-order valence-corrected chi connectivity index (χ2v) is 8.06. The van der Waals surface area contributed by atoms with Gasteiger partial charge in [0.05, 0.1) is 25.2 Å². The molecule has 1 N–H and O–H groups in total. The summed E-state index contributed by atoms with van der Waals surface area (Å²) < 4.78 is 11.1. The van der Waals surface area contributed by atoms with Gasteiger partial charge in [-0.1, -0.05) is 35.2 Å². The van der Waals surface area contributed by atoms with E-state index < -0.39 is 23.5 Å². The summed E-state index contributed by atoms with van der Waals surface area (Å²) in [6.07, 6.45) is 2.73. The number of amides is 1. The molecule has 1 atom stereocenters. The number of nitrogens with one attached hydrogen (secondary N) is 1. The first-order valence-corrected chi connectivity index (χ1v) is 10.4. The number of hydrogen-bond acceptors (Lipinski definition) is 6. The number of benzene rings is 1. The number of nitriles is 1. The van der Waals surface area contributed by atoms with Crippen molar-refractivity contribution in [2.24, 2.45) is 0 Å². The Hall–Kier alpha value is -2.40. The lowest BCUT2D eigenvalue weighted by Gasteiger charge is -2.32. The van der Waals surface area contributed by atoms with Gasteiger partial charge in [0.25, 0.3) is 5.91 Å². The van der Waals surface area contributed by atoms with Crippen LogP contribution in [0.5, 0.6) is 5.75 Å². The Morgan fingerprint density at radius 2 is 1.93 bits per heavy atom. The van der Waals surface area contributed by atoms with E-state index in [1.54, 1.807) is 18.2 Å². The van der Waals surface area contributed by atoms with Crippen LogP contribution >= 0.6 is 15.9 Å². The van der Waals surface area contributed by atoms with Crippen molar-refractivity contribution >= 4 is 33.6 Å². The standard InChI is InChI=1S/C21H25BrN2O5/c1-14(20(27)24-21(13-23)10-4-3-5-11-21)29-19(26)9-7-17(25)16-12-15(22)6-8-18(16)28-2/h6,8,12,14H,3-5,7,9-11H2,1-2H3,(H,24,27)/t14-/m0/s1. The minimum Gasteiger partial charge on any atom is -0.496 e. The van der Waals surface area contributed by atoms with E-state index in [1.165, 1.54) is 14.0 Å². The quantitative estimate of drug-likeness (QED) is 0.464. The monoisotopic (exact) mass is 464 g/mol. The molecule has 156 valence electrons. The third-order valence-electron chi connectivity index (χ3n) is 4.98. The second-order valence-electron chi connectivity index (χ2n) is 7.14. The third-order valence-corrected chi connectivity index (χ3v) is 5.47. The van der Waals surface area contributed by atoms with E-state index in [0.29, 0.717) is 24.2 Å². The summed E-state index contributed by atoms with van der Waals surface area (Å²) in [6.45, 7) is 1.46. The van der Waals surface area contributed by atoms with Crippen LogP contribution in [0.2, 0.25) is 0 Å². The minimum absolute atomic E-state index is 0.0673. The maximum Gasteiger partial charge on any atom is 0.307 e. The van der Waals surface area contributed by atoms with Crippen LogP contribution in [-0.4, -0.2) is 36.4 Å². The van der Waals surface area contributed by atoms with Gasteiger partial charge in [-0.2, -0.15) is 5.26 Å². The molecule has 0 unspecified atom stereocenters. The summed E-state index contributed by atoms with van der Waals surface area (Å²) in [4.78, 5) is 36.9. The number of ether oxygens (including phenoxy) is 2. The predicted octanol–water partition coefficient (Wildman–Crippen LogP) is 3.69. The van der Waals surface area contributed by atoms with Gasteiger partial charge in [-0.3, -0.25) is 14.4 Å². The Balaban J connectivity index is 1.87. The van der Waals surface area contributed by atoms with Crippen LogP contribution < -0.4 is 10.1 Å². The molecule has 1 aliphatic carbocycles. The van der Waals surface area contributed by atoms with Gasteiger partial charge in [-0.25, -0.2) is 0 Å². The van der Waals surface area contributed by atoms with Crippen molar-refractivity contribution in [3.05, 3.63) is 28.2 Å². The third kappa shape index (κ3) is 6.29. The van der Waals surface area contributed by atoms with Crippen LogP contribution in [0.4, 0.5) is 0 Å². The summed E-state index contributed by atoms with van der Waals surface area (Å²) in [5.41, 5.74) is -0.517. The number of esters is 1. The van der Waals surface area contributed by atoms with Gasteiger partial charge < -0.3 is 14.8 Å². The highest BCUT2D eigenvalue weighted by Crippen LogP contribution is 2.28. The average molecular weight is 465 g/mol. The molecule has 1 aromatic carbocycles. The molecular formula is C21H25BrN2O5.